The lowest BCUT2D eigenvalue weighted by molar-refractivity contribution is -0.286. The second-order valence-corrected chi connectivity index (χ2v) is 9.65. The van der Waals surface area contributed by atoms with Crippen LogP contribution in [-0.4, -0.2) is 83.8 Å². The van der Waals surface area contributed by atoms with Gasteiger partial charge in [0.2, 0.25) is 11.5 Å². The molecule has 4 aliphatic heterocycles. The van der Waals surface area contributed by atoms with E-state index in [0.29, 0.717) is 11.6 Å². The van der Waals surface area contributed by atoms with Crippen LogP contribution in [0.1, 0.15) is 44.2 Å². The van der Waals surface area contributed by atoms with Crippen molar-refractivity contribution in [1.29, 1.82) is 0 Å². The molecule has 1 saturated heterocycles. The molecule has 7 rings (SSSR count). The van der Waals surface area contributed by atoms with Gasteiger partial charge in [-0.1, -0.05) is 30.3 Å². The van der Waals surface area contributed by atoms with Crippen LogP contribution in [0.3, 0.4) is 0 Å². The Balaban J connectivity index is 1.59. The molecule has 14 nitrogen and oxygen atoms in total. The van der Waals surface area contributed by atoms with Gasteiger partial charge in [-0.2, -0.15) is 0 Å². The van der Waals surface area contributed by atoms with Gasteiger partial charge in [0.25, 0.3) is 0 Å². The van der Waals surface area contributed by atoms with E-state index in [-0.39, 0.29) is 6.61 Å². The molecule has 4 aliphatic rings. The number of hydrogen-bond donors (Lipinski definition) is 8. The summed E-state index contributed by atoms with van der Waals surface area (Å²) >= 11 is 0. The second-order valence-electron chi connectivity index (χ2n) is 9.65. The van der Waals surface area contributed by atoms with Crippen LogP contribution in [0.2, 0.25) is 0 Å². The fourth-order valence-electron chi connectivity index (χ4n) is 5.33. The minimum Gasteiger partial charge on any atom is -0.504 e. The van der Waals surface area contributed by atoms with Gasteiger partial charge in [-0.25, -0.2) is 9.59 Å². The van der Waals surface area contributed by atoms with Crippen molar-refractivity contribution in [3.05, 3.63) is 58.7 Å². The molecule has 14 heteroatoms. The molecule has 41 heavy (non-hydrogen) atoms. The van der Waals surface area contributed by atoms with Gasteiger partial charge in [0.1, 0.15) is 18.3 Å². The van der Waals surface area contributed by atoms with Crippen molar-refractivity contribution in [2.45, 2.75) is 36.8 Å². The SMILES string of the molecule is O=C1O[C@@H]([C@@H]2OC(c3ccccc3)OC[C@H]2O)[C@@H]2OC(=O)c3c(c(O)c(O)c(O)c3[C@@H]2O)-c2c1cc(O)c(O)c2O. The number of hydrogen-bond acceptors (Lipinski definition) is 14. The van der Waals surface area contributed by atoms with E-state index < -0.39 is 111 Å². The largest absolute Gasteiger partial charge is 0.504 e. The summed E-state index contributed by atoms with van der Waals surface area (Å²) in [6, 6.07) is 9.13. The summed E-state index contributed by atoms with van der Waals surface area (Å²) in [4.78, 5) is 27.0. The Hall–Kier alpha value is -4.76. The van der Waals surface area contributed by atoms with Gasteiger partial charge < -0.3 is 59.8 Å². The van der Waals surface area contributed by atoms with Crippen molar-refractivity contribution in [3.63, 3.8) is 0 Å². The first-order chi connectivity index (χ1) is 19.5. The van der Waals surface area contributed by atoms with Crippen molar-refractivity contribution in [2.75, 3.05) is 6.61 Å². The Morgan fingerprint density at radius 3 is 2.05 bits per heavy atom. The van der Waals surface area contributed by atoms with E-state index in [9.17, 15) is 50.4 Å². The number of aliphatic hydroxyl groups is 2. The smallest absolute Gasteiger partial charge is 0.339 e. The van der Waals surface area contributed by atoms with Crippen LogP contribution in [0.15, 0.2) is 36.4 Å². The van der Waals surface area contributed by atoms with Crippen molar-refractivity contribution in [3.8, 4) is 45.6 Å². The average molecular weight is 570 g/mol. The summed E-state index contributed by atoms with van der Waals surface area (Å²) in [7, 11) is 0. The maximum absolute atomic E-state index is 13.6. The predicted molar refractivity (Wildman–Crippen MR) is 131 cm³/mol. The standard InChI is InChI=1S/C27H22O14/c28-10-6-9-12(17(31)16(10)30)13-14-15(19(33)21(35)18(13)32)20(34)23(39-26(14)37)24(40-25(9)36)22-11(29)7-38-27(41-22)8-4-2-1-3-5-8/h1-6,11,20,22-24,27-35H,7H2/t11-,20+,22-,23-,24+,27?/m1/s1. The summed E-state index contributed by atoms with van der Waals surface area (Å²) in [5, 5.41) is 85.3. The number of esters is 2. The number of rotatable bonds is 2. The molecule has 0 aliphatic carbocycles. The molecule has 0 spiro atoms. The first-order valence-electron chi connectivity index (χ1n) is 12.2. The van der Waals surface area contributed by atoms with Crippen LogP contribution < -0.4 is 0 Å². The molecule has 4 heterocycles. The van der Waals surface area contributed by atoms with E-state index in [0.717, 1.165) is 0 Å². The number of aliphatic hydroxyl groups excluding tert-OH is 2. The summed E-state index contributed by atoms with van der Waals surface area (Å²) in [5.41, 5.74) is -3.22. The Labute approximate surface area is 229 Å². The molecule has 0 amide bonds. The Bertz CT molecular complexity index is 1590. The minimum absolute atomic E-state index is 0.346. The average Bonchev–Trinajstić information content (AvgIpc) is 2.96. The lowest BCUT2D eigenvalue weighted by Crippen LogP contribution is -2.56. The third kappa shape index (κ3) is 3.88. The molecule has 3 aromatic rings. The Morgan fingerprint density at radius 2 is 1.34 bits per heavy atom. The van der Waals surface area contributed by atoms with Crippen LogP contribution in [0, 0.1) is 0 Å². The fourth-order valence-corrected chi connectivity index (χ4v) is 5.33. The van der Waals surface area contributed by atoms with E-state index in [2.05, 4.69) is 0 Å². The lowest BCUT2D eigenvalue weighted by atomic mass is 9.82. The fraction of sp³-hybridized carbons (Fsp3) is 0.259. The van der Waals surface area contributed by atoms with Crippen LogP contribution in [0.25, 0.3) is 11.1 Å². The monoisotopic (exact) mass is 570 g/mol. The number of phenols is 6. The molecule has 1 fully saturated rings. The van der Waals surface area contributed by atoms with E-state index in [1.54, 1.807) is 30.3 Å². The van der Waals surface area contributed by atoms with Crippen molar-refractivity contribution in [2.24, 2.45) is 0 Å². The first kappa shape index (κ1) is 26.5. The molecule has 0 aromatic heterocycles. The zero-order valence-corrected chi connectivity index (χ0v) is 20.7. The van der Waals surface area contributed by atoms with Gasteiger partial charge in [-0.3, -0.25) is 0 Å². The minimum atomic E-state index is -2.05. The number of carbonyl (C=O) groups excluding carboxylic acids is 2. The molecule has 8 N–H and O–H groups in total. The topological polar surface area (TPSA) is 233 Å². The van der Waals surface area contributed by atoms with Crippen molar-refractivity contribution < 1.29 is 69.4 Å². The van der Waals surface area contributed by atoms with E-state index >= 15 is 0 Å². The maximum atomic E-state index is 13.6. The summed E-state index contributed by atoms with van der Waals surface area (Å²) < 4.78 is 22.5. The molecule has 0 radical (unpaired) electrons. The second kappa shape index (κ2) is 9.42. The highest BCUT2D eigenvalue weighted by Gasteiger charge is 2.53. The van der Waals surface area contributed by atoms with Crippen LogP contribution in [0.4, 0.5) is 0 Å². The number of carbonyl (C=O) groups is 2. The van der Waals surface area contributed by atoms with Crippen LogP contribution in [0.5, 0.6) is 34.5 Å². The zero-order chi connectivity index (χ0) is 29.3. The molecule has 214 valence electrons. The van der Waals surface area contributed by atoms with Gasteiger partial charge in [-0.05, 0) is 6.07 Å². The number of ether oxygens (including phenoxy) is 4. The van der Waals surface area contributed by atoms with Crippen LogP contribution in [-0.2, 0) is 18.9 Å². The summed E-state index contributed by atoms with van der Waals surface area (Å²) in [5.74, 6) is -9.59. The first-order valence-corrected chi connectivity index (χ1v) is 12.2. The summed E-state index contributed by atoms with van der Waals surface area (Å²) in [6.07, 6.45) is -9.85. The zero-order valence-electron chi connectivity index (χ0n) is 20.7. The molecule has 4 bridgehead atoms. The van der Waals surface area contributed by atoms with E-state index in [4.69, 9.17) is 18.9 Å². The quantitative estimate of drug-likeness (QED) is 0.160. The van der Waals surface area contributed by atoms with Gasteiger partial charge in [-0.15, -0.1) is 0 Å². The highest BCUT2D eigenvalue weighted by atomic mass is 16.7. The van der Waals surface area contributed by atoms with Gasteiger partial charge in [0.15, 0.2) is 41.5 Å². The van der Waals surface area contributed by atoms with Gasteiger partial charge >= 0.3 is 11.9 Å². The number of aromatic hydroxyl groups is 6. The molecule has 3 aromatic carbocycles. The van der Waals surface area contributed by atoms with Gasteiger partial charge in [0, 0.05) is 22.3 Å². The maximum Gasteiger partial charge on any atom is 0.339 e. The van der Waals surface area contributed by atoms with E-state index in [1.165, 1.54) is 0 Å². The van der Waals surface area contributed by atoms with Crippen molar-refractivity contribution in [1.82, 2.24) is 0 Å². The Kier molecular flexibility index (Phi) is 6.08. The van der Waals surface area contributed by atoms with Gasteiger partial charge in [0.05, 0.1) is 17.7 Å². The number of phenolic OH excluding ortho intramolecular Hbond substituents is 6. The lowest BCUT2D eigenvalue weighted by Gasteiger charge is -2.43. The van der Waals surface area contributed by atoms with E-state index in [1.807, 2.05) is 0 Å². The Morgan fingerprint density at radius 1 is 0.683 bits per heavy atom. The molecular weight excluding hydrogens is 548 g/mol. The normalized spacial score (nSPS) is 27.1. The third-order valence-corrected chi connectivity index (χ3v) is 7.28. The van der Waals surface area contributed by atoms with Crippen LogP contribution >= 0.6 is 0 Å². The molecule has 6 atom stereocenters. The summed E-state index contributed by atoms with van der Waals surface area (Å²) in [6.45, 7) is -0.346. The highest BCUT2D eigenvalue weighted by Crippen LogP contribution is 2.57. The predicted octanol–water partition coefficient (Wildman–Crippen LogP) is 1.17. The number of fused-ring (bicyclic) bond motifs is 3. The molecular formula is C27H22O14. The van der Waals surface area contributed by atoms with Crippen molar-refractivity contribution >= 4 is 11.9 Å². The molecule has 0 saturated carbocycles. The highest BCUT2D eigenvalue weighted by molar-refractivity contribution is 6.10. The third-order valence-electron chi connectivity index (χ3n) is 7.28. The number of benzene rings is 3. The molecule has 1 unspecified atom stereocenters.